The summed E-state index contributed by atoms with van der Waals surface area (Å²) in [7, 11) is 14.8. The van der Waals surface area contributed by atoms with Crippen molar-refractivity contribution in [3.8, 4) is 0 Å². The van der Waals surface area contributed by atoms with Gasteiger partial charge in [-0.3, -0.25) is 9.59 Å². The van der Waals surface area contributed by atoms with Gasteiger partial charge in [0.15, 0.2) is 5.60 Å². The number of rotatable bonds is 5. The summed E-state index contributed by atoms with van der Waals surface area (Å²) in [6, 6.07) is 0. The number of aliphatic hydroxyl groups is 1. The SMILES string of the molecule is O=C(O)CC(O)(CC(=O)O)C(=O)O.[Cl][Ru]([Cl])[Cl].[H-].[Na+]. The maximum atomic E-state index is 10.3. The number of hydrogen-bond acceptors (Lipinski definition) is 4. The summed E-state index contributed by atoms with van der Waals surface area (Å²) >= 11 is -1.75. The number of hydrogen-bond donors (Lipinski definition) is 4. The van der Waals surface area contributed by atoms with Crippen LogP contribution in [0, 0.1) is 0 Å². The van der Waals surface area contributed by atoms with Crippen molar-refractivity contribution in [2.45, 2.75) is 18.4 Å². The summed E-state index contributed by atoms with van der Waals surface area (Å²) in [5, 5.41) is 33.8. The molecule has 0 fully saturated rings. The fourth-order valence-corrected chi connectivity index (χ4v) is 0.714. The van der Waals surface area contributed by atoms with Crippen molar-refractivity contribution in [2.75, 3.05) is 0 Å². The molecule has 0 rings (SSSR count). The minimum atomic E-state index is -2.74. The largest absolute Gasteiger partial charge is 1.00 e. The summed E-state index contributed by atoms with van der Waals surface area (Å²) in [4.78, 5) is 30.5. The molecule has 18 heavy (non-hydrogen) atoms. The van der Waals surface area contributed by atoms with Crippen LogP contribution < -0.4 is 29.6 Å². The van der Waals surface area contributed by atoms with E-state index < -0.39 is 49.3 Å². The number of carboxylic acid groups (broad SMARTS) is 3. The van der Waals surface area contributed by atoms with E-state index in [4.69, 9.17) is 49.5 Å². The monoisotopic (exact) mass is 423 g/mol. The van der Waals surface area contributed by atoms with Gasteiger partial charge in [0, 0.05) is 0 Å². The first kappa shape index (κ1) is 23.9. The molecular formula is C6H9Cl3NaO7Ru. The van der Waals surface area contributed by atoms with Gasteiger partial charge in [-0.25, -0.2) is 4.79 Å². The van der Waals surface area contributed by atoms with Crippen LogP contribution in [-0.4, -0.2) is 43.9 Å². The molecule has 0 saturated carbocycles. The molecule has 0 atom stereocenters. The summed E-state index contributed by atoms with van der Waals surface area (Å²) in [5.41, 5.74) is -2.74. The molecule has 0 bridgehead atoms. The van der Waals surface area contributed by atoms with Gasteiger partial charge in [0.25, 0.3) is 0 Å². The minimum Gasteiger partial charge on any atom is -1.00 e. The third kappa shape index (κ3) is 14.9. The molecule has 0 aromatic rings. The van der Waals surface area contributed by atoms with E-state index in [1.807, 2.05) is 0 Å². The van der Waals surface area contributed by atoms with E-state index in [9.17, 15) is 14.4 Å². The second-order valence-electron chi connectivity index (χ2n) is 2.63. The first-order valence-corrected chi connectivity index (χ1v) is 10.3. The average Bonchev–Trinajstić information content (AvgIpc) is 1.98. The molecule has 0 aromatic heterocycles. The number of halogens is 3. The quantitative estimate of drug-likeness (QED) is 0.374. The molecule has 105 valence electrons. The number of aliphatic carboxylic acids is 3. The van der Waals surface area contributed by atoms with Crippen molar-refractivity contribution in [3.05, 3.63) is 0 Å². The van der Waals surface area contributed by atoms with E-state index in [-0.39, 0.29) is 31.0 Å². The molecule has 0 aliphatic heterocycles. The summed E-state index contributed by atoms with van der Waals surface area (Å²) < 4.78 is 0. The zero-order valence-corrected chi connectivity index (χ0v) is 14.9. The van der Waals surface area contributed by atoms with Crippen LogP contribution in [0.4, 0.5) is 0 Å². The molecule has 0 radical (unpaired) electrons. The first-order chi connectivity index (χ1) is 7.51. The Balaban J connectivity index is -0.000000165. The van der Waals surface area contributed by atoms with Crippen LogP contribution in [0.15, 0.2) is 0 Å². The van der Waals surface area contributed by atoms with Gasteiger partial charge >= 0.3 is 89.5 Å². The third-order valence-electron chi connectivity index (χ3n) is 1.29. The molecule has 0 saturated heterocycles. The zero-order valence-electron chi connectivity index (χ0n) is 9.92. The normalized spacial score (nSPS) is 10.3. The fraction of sp³-hybridized carbons (Fsp3) is 0.500. The van der Waals surface area contributed by atoms with Crippen molar-refractivity contribution in [3.63, 3.8) is 0 Å². The van der Waals surface area contributed by atoms with Crippen LogP contribution in [0.25, 0.3) is 0 Å². The van der Waals surface area contributed by atoms with Gasteiger partial charge in [0.2, 0.25) is 0 Å². The van der Waals surface area contributed by atoms with Crippen LogP contribution in [0.3, 0.4) is 0 Å². The standard InChI is InChI=1S/C6H8O7.3ClH.Na.Ru.H/c7-3(8)1-6(13,5(11)12)2-4(9)10;;;;;;/h13H,1-2H2,(H,7,8)(H,9,10)(H,11,12);3*1H;;;/q;;;;+1;+3;-1/p-3. The average molecular weight is 424 g/mol. The molecular weight excluding hydrogens is 414 g/mol. The number of carbonyl (C=O) groups is 3. The zero-order chi connectivity index (χ0) is 14.2. The Morgan fingerprint density at radius 3 is 1.33 bits per heavy atom. The molecule has 7 nitrogen and oxygen atoms in total. The van der Waals surface area contributed by atoms with Gasteiger partial charge in [0.1, 0.15) is 0 Å². The maximum absolute atomic E-state index is 10.3. The Labute approximate surface area is 143 Å². The first-order valence-electron chi connectivity index (χ1n) is 3.57. The van der Waals surface area contributed by atoms with Crippen molar-refractivity contribution in [2.24, 2.45) is 0 Å². The molecule has 0 amide bonds. The van der Waals surface area contributed by atoms with E-state index in [0.717, 1.165) is 0 Å². The molecule has 0 aliphatic carbocycles. The molecule has 0 spiro atoms. The predicted octanol–water partition coefficient (Wildman–Crippen LogP) is -2.07. The van der Waals surface area contributed by atoms with E-state index in [0.29, 0.717) is 0 Å². The van der Waals surface area contributed by atoms with Crippen molar-refractivity contribution < 1.29 is 78.8 Å². The molecule has 0 unspecified atom stereocenters. The molecule has 0 heterocycles. The van der Waals surface area contributed by atoms with Crippen LogP contribution in [0.1, 0.15) is 14.3 Å². The maximum Gasteiger partial charge on any atom is 1.00 e. The summed E-state index contributed by atoms with van der Waals surface area (Å²) in [5.74, 6) is -5.02. The topological polar surface area (TPSA) is 132 Å². The van der Waals surface area contributed by atoms with Crippen molar-refractivity contribution >= 4 is 47.0 Å². The van der Waals surface area contributed by atoms with Gasteiger partial charge in [-0.1, -0.05) is 0 Å². The Kier molecular flexibility index (Phi) is 15.5. The Bertz CT molecular complexity index is 288. The van der Waals surface area contributed by atoms with Crippen LogP contribution in [0.5, 0.6) is 0 Å². The second-order valence-corrected chi connectivity index (χ2v) is 10.5. The van der Waals surface area contributed by atoms with Gasteiger partial charge in [-0.05, 0) is 0 Å². The van der Waals surface area contributed by atoms with Gasteiger partial charge in [-0.2, -0.15) is 0 Å². The van der Waals surface area contributed by atoms with E-state index in [2.05, 4.69) is 0 Å². The summed E-state index contributed by atoms with van der Waals surface area (Å²) in [6.45, 7) is 0. The van der Waals surface area contributed by atoms with E-state index in [1.165, 1.54) is 0 Å². The van der Waals surface area contributed by atoms with Crippen LogP contribution in [0.2, 0.25) is 0 Å². The smallest absolute Gasteiger partial charge is 1.00 e. The van der Waals surface area contributed by atoms with Crippen molar-refractivity contribution in [1.29, 1.82) is 0 Å². The third-order valence-corrected chi connectivity index (χ3v) is 1.29. The van der Waals surface area contributed by atoms with E-state index in [1.54, 1.807) is 0 Å². The molecule has 0 aromatic carbocycles. The Morgan fingerprint density at radius 1 is 1.00 bits per heavy atom. The minimum absolute atomic E-state index is 0. The second kappa shape index (κ2) is 11.7. The van der Waals surface area contributed by atoms with Gasteiger partial charge in [-0.15, -0.1) is 0 Å². The van der Waals surface area contributed by atoms with Crippen LogP contribution in [-0.2, 0) is 27.4 Å². The summed E-state index contributed by atoms with van der Waals surface area (Å²) in [6.07, 6.45) is -2.29. The Morgan fingerprint density at radius 2 is 1.22 bits per heavy atom. The van der Waals surface area contributed by atoms with Gasteiger partial charge in [0.05, 0.1) is 12.8 Å². The van der Waals surface area contributed by atoms with Gasteiger partial charge < -0.3 is 21.9 Å². The fourth-order valence-electron chi connectivity index (χ4n) is 0.714. The molecule has 0 aliphatic rings. The molecule has 4 N–H and O–H groups in total. The number of carboxylic acids is 3. The van der Waals surface area contributed by atoms with Crippen LogP contribution >= 0.6 is 29.1 Å². The van der Waals surface area contributed by atoms with Crippen molar-refractivity contribution in [1.82, 2.24) is 0 Å². The molecule has 12 heteroatoms. The van der Waals surface area contributed by atoms with E-state index >= 15 is 0 Å². The predicted molar refractivity (Wildman–Crippen MR) is 55.8 cm³/mol. The Hall–Kier alpha value is 0.863.